The molecule has 17 heavy (non-hydrogen) atoms. The summed E-state index contributed by atoms with van der Waals surface area (Å²) in [6.07, 6.45) is 0.822. The third kappa shape index (κ3) is 3.33. The third-order valence-electron chi connectivity index (χ3n) is 2.49. The van der Waals surface area contributed by atoms with E-state index in [1.165, 1.54) is 0 Å². The molecule has 0 amide bonds. The van der Waals surface area contributed by atoms with Crippen LogP contribution in [0.25, 0.3) is 0 Å². The Morgan fingerprint density at radius 3 is 2.35 bits per heavy atom. The lowest BCUT2D eigenvalue weighted by Crippen LogP contribution is -2.18. The molecule has 2 heteroatoms. The van der Waals surface area contributed by atoms with Gasteiger partial charge in [0.15, 0.2) is 0 Å². The molecule has 2 aromatic carbocycles. The van der Waals surface area contributed by atoms with Crippen molar-refractivity contribution < 1.29 is 4.74 Å². The standard InChI is InChI=1S/C15H17NO/c1-12(16)11-13-7-5-6-10-15(13)17-14-8-3-2-4-9-14/h2-10,12H,11,16H2,1H3/t12-/m0/s1. The Kier molecular flexibility index (Phi) is 3.78. The zero-order valence-electron chi connectivity index (χ0n) is 9.97. The van der Waals surface area contributed by atoms with Crippen LogP contribution in [-0.2, 0) is 6.42 Å². The molecule has 2 nitrogen and oxygen atoms in total. The minimum Gasteiger partial charge on any atom is -0.457 e. The molecule has 1 atom stereocenters. The van der Waals surface area contributed by atoms with Crippen LogP contribution in [0.1, 0.15) is 12.5 Å². The summed E-state index contributed by atoms with van der Waals surface area (Å²) in [7, 11) is 0. The van der Waals surface area contributed by atoms with E-state index in [1.807, 2.05) is 55.5 Å². The molecule has 2 aromatic rings. The summed E-state index contributed by atoms with van der Waals surface area (Å²) >= 11 is 0. The van der Waals surface area contributed by atoms with Gasteiger partial charge in [0.2, 0.25) is 0 Å². The first-order valence-electron chi connectivity index (χ1n) is 5.82. The molecule has 0 aliphatic carbocycles. The van der Waals surface area contributed by atoms with Crippen molar-refractivity contribution in [2.75, 3.05) is 0 Å². The van der Waals surface area contributed by atoms with Crippen molar-refractivity contribution in [1.82, 2.24) is 0 Å². The maximum absolute atomic E-state index is 5.85. The summed E-state index contributed by atoms with van der Waals surface area (Å²) in [6, 6.07) is 17.9. The van der Waals surface area contributed by atoms with Gasteiger partial charge in [0.25, 0.3) is 0 Å². The second-order valence-corrected chi connectivity index (χ2v) is 4.20. The number of hydrogen-bond acceptors (Lipinski definition) is 2. The van der Waals surface area contributed by atoms with Gasteiger partial charge in [-0.1, -0.05) is 36.4 Å². The predicted molar refractivity (Wildman–Crippen MR) is 70.3 cm³/mol. The zero-order chi connectivity index (χ0) is 12.1. The van der Waals surface area contributed by atoms with Crippen molar-refractivity contribution in [1.29, 1.82) is 0 Å². The highest BCUT2D eigenvalue weighted by Crippen LogP contribution is 2.25. The predicted octanol–water partition coefficient (Wildman–Crippen LogP) is 3.37. The molecule has 0 saturated heterocycles. The first-order chi connectivity index (χ1) is 8.25. The van der Waals surface area contributed by atoms with E-state index in [0.29, 0.717) is 0 Å². The van der Waals surface area contributed by atoms with Crippen molar-refractivity contribution in [3.05, 3.63) is 60.2 Å². The number of rotatable bonds is 4. The average Bonchev–Trinajstić information content (AvgIpc) is 2.32. The second kappa shape index (κ2) is 5.51. The molecule has 0 heterocycles. The van der Waals surface area contributed by atoms with Gasteiger partial charge in [-0.3, -0.25) is 0 Å². The lowest BCUT2D eigenvalue weighted by atomic mass is 10.1. The lowest BCUT2D eigenvalue weighted by molar-refractivity contribution is 0.474. The molecule has 0 aromatic heterocycles. The van der Waals surface area contributed by atoms with Crippen LogP contribution in [0.2, 0.25) is 0 Å². The zero-order valence-corrected chi connectivity index (χ0v) is 9.97. The van der Waals surface area contributed by atoms with Gasteiger partial charge >= 0.3 is 0 Å². The Labute approximate surface area is 102 Å². The molecular formula is C15H17NO. The highest BCUT2D eigenvalue weighted by Gasteiger charge is 2.06. The van der Waals surface area contributed by atoms with E-state index in [1.54, 1.807) is 0 Å². The van der Waals surface area contributed by atoms with Gasteiger partial charge in [0, 0.05) is 6.04 Å². The van der Waals surface area contributed by atoms with Gasteiger partial charge in [0.1, 0.15) is 11.5 Å². The van der Waals surface area contributed by atoms with Crippen LogP contribution in [-0.4, -0.2) is 6.04 Å². The minimum absolute atomic E-state index is 0.135. The van der Waals surface area contributed by atoms with Gasteiger partial charge in [-0.2, -0.15) is 0 Å². The molecule has 0 radical (unpaired) electrons. The van der Waals surface area contributed by atoms with E-state index in [4.69, 9.17) is 10.5 Å². The van der Waals surface area contributed by atoms with Crippen LogP contribution >= 0.6 is 0 Å². The maximum atomic E-state index is 5.85. The molecule has 0 bridgehead atoms. The SMILES string of the molecule is C[C@H](N)Cc1ccccc1Oc1ccccc1. The van der Waals surface area contributed by atoms with Crippen LogP contribution < -0.4 is 10.5 Å². The number of ether oxygens (including phenoxy) is 1. The van der Waals surface area contributed by atoms with Crippen LogP contribution in [0.15, 0.2) is 54.6 Å². The summed E-state index contributed by atoms with van der Waals surface area (Å²) in [5, 5.41) is 0. The highest BCUT2D eigenvalue weighted by atomic mass is 16.5. The Hall–Kier alpha value is -1.80. The Balaban J connectivity index is 2.20. The fourth-order valence-corrected chi connectivity index (χ4v) is 1.73. The van der Waals surface area contributed by atoms with Gasteiger partial charge in [-0.05, 0) is 37.1 Å². The molecule has 0 fully saturated rings. The summed E-state index contributed by atoms with van der Waals surface area (Å²) in [6.45, 7) is 2.00. The summed E-state index contributed by atoms with van der Waals surface area (Å²) < 4.78 is 5.85. The number of benzene rings is 2. The van der Waals surface area contributed by atoms with E-state index in [-0.39, 0.29) is 6.04 Å². The quantitative estimate of drug-likeness (QED) is 0.869. The van der Waals surface area contributed by atoms with Gasteiger partial charge < -0.3 is 10.5 Å². The van der Waals surface area contributed by atoms with E-state index >= 15 is 0 Å². The van der Waals surface area contributed by atoms with Crippen molar-refractivity contribution in [3.63, 3.8) is 0 Å². The van der Waals surface area contributed by atoms with Crippen LogP contribution in [0.5, 0.6) is 11.5 Å². The fraction of sp³-hybridized carbons (Fsp3) is 0.200. The van der Waals surface area contributed by atoms with Crippen molar-refractivity contribution in [3.8, 4) is 11.5 Å². The van der Waals surface area contributed by atoms with Crippen LogP contribution in [0.4, 0.5) is 0 Å². The molecular weight excluding hydrogens is 210 g/mol. The topological polar surface area (TPSA) is 35.2 Å². The van der Waals surface area contributed by atoms with E-state index in [2.05, 4.69) is 6.07 Å². The first kappa shape index (κ1) is 11.7. The highest BCUT2D eigenvalue weighted by molar-refractivity contribution is 5.38. The number of nitrogens with two attached hydrogens (primary N) is 1. The Bertz CT molecular complexity index is 465. The van der Waals surface area contributed by atoms with Gasteiger partial charge in [-0.25, -0.2) is 0 Å². The molecule has 0 saturated carbocycles. The maximum Gasteiger partial charge on any atom is 0.130 e. The second-order valence-electron chi connectivity index (χ2n) is 4.20. The largest absolute Gasteiger partial charge is 0.457 e. The Morgan fingerprint density at radius 2 is 1.65 bits per heavy atom. The first-order valence-corrected chi connectivity index (χ1v) is 5.82. The smallest absolute Gasteiger partial charge is 0.130 e. The van der Waals surface area contributed by atoms with E-state index in [9.17, 15) is 0 Å². The van der Waals surface area contributed by atoms with Crippen LogP contribution in [0.3, 0.4) is 0 Å². The molecule has 0 spiro atoms. The van der Waals surface area contributed by atoms with Gasteiger partial charge in [-0.15, -0.1) is 0 Å². The average molecular weight is 227 g/mol. The molecule has 2 rings (SSSR count). The van der Waals surface area contributed by atoms with E-state index < -0.39 is 0 Å². The van der Waals surface area contributed by atoms with Crippen molar-refractivity contribution >= 4 is 0 Å². The normalized spacial score (nSPS) is 12.1. The van der Waals surface area contributed by atoms with Crippen molar-refractivity contribution in [2.24, 2.45) is 5.73 Å². The molecule has 0 unspecified atom stereocenters. The van der Waals surface area contributed by atoms with Crippen LogP contribution in [0, 0.1) is 0 Å². The molecule has 88 valence electrons. The molecule has 2 N–H and O–H groups in total. The monoisotopic (exact) mass is 227 g/mol. The van der Waals surface area contributed by atoms with Gasteiger partial charge in [0.05, 0.1) is 0 Å². The summed E-state index contributed by atoms with van der Waals surface area (Å²) in [5.74, 6) is 1.74. The fourth-order valence-electron chi connectivity index (χ4n) is 1.73. The lowest BCUT2D eigenvalue weighted by Gasteiger charge is -2.12. The van der Waals surface area contributed by atoms with E-state index in [0.717, 1.165) is 23.5 Å². The third-order valence-corrected chi connectivity index (χ3v) is 2.49. The number of hydrogen-bond donors (Lipinski definition) is 1. The number of para-hydroxylation sites is 2. The summed E-state index contributed by atoms with van der Waals surface area (Å²) in [4.78, 5) is 0. The molecule has 0 aliphatic rings. The Morgan fingerprint density at radius 1 is 1.00 bits per heavy atom. The van der Waals surface area contributed by atoms with Crippen molar-refractivity contribution in [2.45, 2.75) is 19.4 Å². The summed E-state index contributed by atoms with van der Waals surface area (Å²) in [5.41, 5.74) is 6.98. The molecule has 0 aliphatic heterocycles. The minimum atomic E-state index is 0.135.